The molecule has 1 heterocycles. The number of nitrogens with one attached hydrogen (secondary N) is 1. The van der Waals surface area contributed by atoms with Gasteiger partial charge in [0.05, 0.1) is 6.61 Å². The van der Waals surface area contributed by atoms with Gasteiger partial charge in [-0.15, -0.1) is 0 Å². The summed E-state index contributed by atoms with van der Waals surface area (Å²) >= 11 is 0. The lowest BCUT2D eigenvalue weighted by Gasteiger charge is -2.20. The molecule has 19 heavy (non-hydrogen) atoms. The van der Waals surface area contributed by atoms with Gasteiger partial charge in [-0.2, -0.15) is 0 Å². The summed E-state index contributed by atoms with van der Waals surface area (Å²) in [4.78, 5) is 11.7. The number of carbonyl (C=O) groups excluding carboxylic acids is 1. The van der Waals surface area contributed by atoms with Gasteiger partial charge in [-0.25, -0.2) is 0 Å². The van der Waals surface area contributed by atoms with Crippen LogP contribution in [0.1, 0.15) is 24.8 Å². The predicted octanol–water partition coefficient (Wildman–Crippen LogP) is 1.28. The molecule has 0 spiro atoms. The van der Waals surface area contributed by atoms with E-state index in [0.29, 0.717) is 26.1 Å². The number of hydrogen-bond donors (Lipinski definition) is 2. The van der Waals surface area contributed by atoms with Crippen molar-refractivity contribution < 1.29 is 14.6 Å². The minimum atomic E-state index is -0.866. The van der Waals surface area contributed by atoms with E-state index < -0.39 is 5.60 Å². The van der Waals surface area contributed by atoms with E-state index >= 15 is 0 Å². The van der Waals surface area contributed by atoms with Crippen molar-refractivity contribution in [3.63, 3.8) is 0 Å². The van der Waals surface area contributed by atoms with Gasteiger partial charge in [-0.3, -0.25) is 4.79 Å². The van der Waals surface area contributed by atoms with Gasteiger partial charge in [0.15, 0.2) is 0 Å². The molecule has 2 rings (SSSR count). The Morgan fingerprint density at radius 1 is 1.37 bits per heavy atom. The summed E-state index contributed by atoms with van der Waals surface area (Å²) < 4.78 is 5.13. The van der Waals surface area contributed by atoms with Crippen molar-refractivity contribution >= 4 is 5.91 Å². The highest BCUT2D eigenvalue weighted by Gasteiger charge is 2.32. The average Bonchev–Trinajstić information content (AvgIpc) is 2.85. The molecule has 0 unspecified atom stereocenters. The van der Waals surface area contributed by atoms with Crippen molar-refractivity contribution in [3.05, 3.63) is 35.9 Å². The summed E-state index contributed by atoms with van der Waals surface area (Å²) in [6.45, 7) is 1.18. The quantitative estimate of drug-likeness (QED) is 0.813. The molecule has 0 saturated carbocycles. The van der Waals surface area contributed by atoms with E-state index in [9.17, 15) is 9.90 Å². The molecular formula is C15H21NO3. The first-order chi connectivity index (χ1) is 9.18. The van der Waals surface area contributed by atoms with E-state index in [1.165, 1.54) is 5.56 Å². The minimum absolute atomic E-state index is 0.00347. The average molecular weight is 263 g/mol. The van der Waals surface area contributed by atoms with Crippen molar-refractivity contribution in [1.29, 1.82) is 0 Å². The van der Waals surface area contributed by atoms with Crippen LogP contribution in [0.4, 0.5) is 0 Å². The monoisotopic (exact) mass is 263 g/mol. The van der Waals surface area contributed by atoms with Crippen LogP contribution < -0.4 is 5.32 Å². The number of amides is 1. The molecule has 1 aromatic rings. The Balaban J connectivity index is 1.62. The van der Waals surface area contributed by atoms with Crippen molar-refractivity contribution in [3.8, 4) is 0 Å². The summed E-state index contributed by atoms with van der Waals surface area (Å²) in [7, 11) is 0. The van der Waals surface area contributed by atoms with Gasteiger partial charge in [0.25, 0.3) is 0 Å². The summed E-state index contributed by atoms with van der Waals surface area (Å²) in [6.07, 6.45) is 2.82. The second kappa shape index (κ2) is 6.68. The molecule has 0 aromatic heterocycles. The van der Waals surface area contributed by atoms with Crippen LogP contribution in [0.2, 0.25) is 0 Å². The largest absolute Gasteiger partial charge is 0.386 e. The molecule has 2 N–H and O–H groups in total. The number of aliphatic hydroxyl groups is 1. The van der Waals surface area contributed by atoms with E-state index in [1.54, 1.807) is 0 Å². The number of ether oxygens (including phenoxy) is 1. The highest BCUT2D eigenvalue weighted by atomic mass is 16.5. The van der Waals surface area contributed by atoms with Gasteiger partial charge in [0, 0.05) is 26.0 Å². The molecule has 1 amide bonds. The van der Waals surface area contributed by atoms with Crippen molar-refractivity contribution in [2.75, 3.05) is 19.8 Å². The minimum Gasteiger partial charge on any atom is -0.386 e. The standard InChI is InChI=1S/C15H21NO3/c17-14(16-11-15(18)9-10-19-12-15)8-4-7-13-5-2-1-3-6-13/h1-3,5-6,18H,4,7-12H2,(H,16,17)/t15-/m0/s1. The molecule has 1 saturated heterocycles. The summed E-state index contributed by atoms with van der Waals surface area (Å²) in [6, 6.07) is 10.1. The van der Waals surface area contributed by atoms with Gasteiger partial charge in [-0.05, 0) is 18.4 Å². The fourth-order valence-corrected chi connectivity index (χ4v) is 2.19. The predicted molar refractivity (Wildman–Crippen MR) is 72.8 cm³/mol. The molecule has 1 aliphatic heterocycles. The third kappa shape index (κ3) is 4.65. The normalized spacial score (nSPS) is 22.4. The first kappa shape index (κ1) is 14.0. The third-order valence-electron chi connectivity index (χ3n) is 3.41. The van der Waals surface area contributed by atoms with Crippen LogP contribution in [-0.2, 0) is 16.0 Å². The first-order valence-electron chi connectivity index (χ1n) is 6.79. The molecule has 1 aromatic carbocycles. The molecule has 1 atom stereocenters. The molecule has 0 radical (unpaired) electrons. The van der Waals surface area contributed by atoms with E-state index in [-0.39, 0.29) is 12.5 Å². The fourth-order valence-electron chi connectivity index (χ4n) is 2.19. The Bertz CT molecular complexity index is 399. The van der Waals surface area contributed by atoms with E-state index in [2.05, 4.69) is 17.4 Å². The Kier molecular flexibility index (Phi) is 4.93. The van der Waals surface area contributed by atoms with Gasteiger partial charge >= 0.3 is 0 Å². The SMILES string of the molecule is O=C(CCCc1ccccc1)NC[C@@]1(O)CCOC1. The van der Waals surface area contributed by atoms with Crippen LogP contribution in [-0.4, -0.2) is 36.4 Å². The van der Waals surface area contributed by atoms with Crippen LogP contribution in [0.3, 0.4) is 0 Å². The summed E-state index contributed by atoms with van der Waals surface area (Å²) in [5.41, 5.74) is 0.382. The van der Waals surface area contributed by atoms with Gasteiger partial charge < -0.3 is 15.2 Å². The van der Waals surface area contributed by atoms with Gasteiger partial charge in [0.1, 0.15) is 5.60 Å². The van der Waals surface area contributed by atoms with Crippen LogP contribution in [0.5, 0.6) is 0 Å². The maximum atomic E-state index is 11.7. The maximum Gasteiger partial charge on any atom is 0.220 e. The summed E-state index contributed by atoms with van der Waals surface area (Å²) in [5.74, 6) is -0.00347. The topological polar surface area (TPSA) is 58.6 Å². The van der Waals surface area contributed by atoms with E-state index in [4.69, 9.17) is 4.74 Å². The van der Waals surface area contributed by atoms with Crippen molar-refractivity contribution in [2.24, 2.45) is 0 Å². The van der Waals surface area contributed by atoms with Crippen LogP contribution in [0.15, 0.2) is 30.3 Å². The zero-order valence-corrected chi connectivity index (χ0v) is 11.1. The highest BCUT2D eigenvalue weighted by molar-refractivity contribution is 5.75. The van der Waals surface area contributed by atoms with Gasteiger partial charge in [0.2, 0.25) is 5.91 Å². The third-order valence-corrected chi connectivity index (χ3v) is 3.41. The van der Waals surface area contributed by atoms with Crippen LogP contribution >= 0.6 is 0 Å². The Morgan fingerprint density at radius 3 is 2.84 bits per heavy atom. The van der Waals surface area contributed by atoms with Crippen LogP contribution in [0, 0.1) is 0 Å². The number of rotatable bonds is 6. The molecule has 1 aliphatic rings. The zero-order chi connectivity index (χ0) is 13.6. The molecule has 4 nitrogen and oxygen atoms in total. The molecule has 0 aliphatic carbocycles. The van der Waals surface area contributed by atoms with Crippen molar-refractivity contribution in [1.82, 2.24) is 5.32 Å². The molecule has 0 bridgehead atoms. The number of hydrogen-bond acceptors (Lipinski definition) is 3. The Morgan fingerprint density at radius 2 is 2.16 bits per heavy atom. The van der Waals surface area contributed by atoms with Crippen LogP contribution in [0.25, 0.3) is 0 Å². The lowest BCUT2D eigenvalue weighted by Crippen LogP contribution is -2.43. The lowest BCUT2D eigenvalue weighted by atomic mass is 10.0. The Labute approximate surface area is 113 Å². The number of benzene rings is 1. The lowest BCUT2D eigenvalue weighted by molar-refractivity contribution is -0.122. The molecule has 1 fully saturated rings. The van der Waals surface area contributed by atoms with Gasteiger partial charge in [-0.1, -0.05) is 30.3 Å². The second-order valence-electron chi connectivity index (χ2n) is 5.14. The maximum absolute atomic E-state index is 11.7. The number of carbonyl (C=O) groups is 1. The van der Waals surface area contributed by atoms with E-state index in [0.717, 1.165) is 12.8 Å². The first-order valence-corrected chi connectivity index (χ1v) is 6.79. The molecule has 4 heteroatoms. The zero-order valence-electron chi connectivity index (χ0n) is 11.1. The number of aryl methyl sites for hydroxylation is 1. The second-order valence-corrected chi connectivity index (χ2v) is 5.14. The molecular weight excluding hydrogens is 242 g/mol. The Hall–Kier alpha value is -1.39. The summed E-state index contributed by atoms with van der Waals surface area (Å²) in [5, 5.41) is 12.8. The van der Waals surface area contributed by atoms with E-state index in [1.807, 2.05) is 18.2 Å². The molecule has 104 valence electrons. The fraction of sp³-hybridized carbons (Fsp3) is 0.533. The smallest absolute Gasteiger partial charge is 0.220 e. The van der Waals surface area contributed by atoms with Crippen molar-refractivity contribution in [2.45, 2.75) is 31.3 Å². The highest BCUT2D eigenvalue weighted by Crippen LogP contribution is 2.16.